The van der Waals surface area contributed by atoms with Gasteiger partial charge in [0.2, 0.25) is 16.9 Å². The first-order chi connectivity index (χ1) is 54.2. The zero-order valence-corrected chi connectivity index (χ0v) is 74.8. The highest BCUT2D eigenvalue weighted by molar-refractivity contribution is 6.84. The second-order valence-corrected chi connectivity index (χ2v) is 62.8. The van der Waals surface area contributed by atoms with Crippen molar-refractivity contribution in [2.45, 2.75) is 225 Å². The van der Waals surface area contributed by atoms with Gasteiger partial charge in [0.15, 0.2) is 28.4 Å². The number of nitrogens with zero attached hydrogens (tertiary/aromatic N) is 19. The van der Waals surface area contributed by atoms with Crippen LogP contribution in [0.3, 0.4) is 0 Å². The molecule has 0 radical (unpaired) electrons. The monoisotopic (exact) mass is 1670 g/mol. The minimum absolute atomic E-state index is 0.0327. The molecule has 0 aliphatic carbocycles. The van der Waals surface area contributed by atoms with Gasteiger partial charge in [-0.25, -0.2) is 58.6 Å². The van der Waals surface area contributed by atoms with E-state index in [1.54, 1.807) is 90.6 Å². The highest BCUT2D eigenvalue weighted by Crippen LogP contribution is 2.31. The number of imidazole rings is 4. The average Bonchev–Trinajstić information content (AvgIpc) is 1.61. The molecule has 31 nitrogen and oxygen atoms in total. The molecule has 0 atom stereocenters. The van der Waals surface area contributed by atoms with Crippen LogP contribution in [0.1, 0.15) is 87.2 Å². The zero-order valence-electron chi connectivity index (χ0n) is 69.1. The van der Waals surface area contributed by atoms with Crippen molar-refractivity contribution in [3.05, 3.63) is 108 Å². The minimum Gasteiger partial charge on any atom is -0.381 e. The number of terminal acetylenes is 1. The molecule has 0 N–H and O–H groups in total. The van der Waals surface area contributed by atoms with Crippen LogP contribution in [-0.4, -0.2) is 211 Å². The highest BCUT2D eigenvalue weighted by Gasteiger charge is 2.31. The van der Waals surface area contributed by atoms with Crippen molar-refractivity contribution in [1.82, 2.24) is 91.0 Å². The lowest BCUT2D eigenvalue weighted by molar-refractivity contribution is 0.0667. The lowest BCUT2D eigenvalue weighted by Crippen LogP contribution is -2.31. The Morgan fingerprint density at radius 2 is 0.763 bits per heavy atom. The van der Waals surface area contributed by atoms with Crippen molar-refractivity contribution in [3.63, 3.8) is 0 Å². The molecule has 0 unspecified atom stereocenters. The van der Waals surface area contributed by atoms with Crippen LogP contribution in [0.25, 0.3) is 61.6 Å². The lowest BCUT2D eigenvalue weighted by Gasteiger charge is -2.22. The topological polar surface area (TPSA) is 315 Å². The number of hydrogen-bond donors (Lipinski definition) is 0. The molecule has 114 heavy (non-hydrogen) atoms. The highest BCUT2D eigenvalue weighted by atomic mass is 35.5. The van der Waals surface area contributed by atoms with Crippen LogP contribution >= 0.6 is 11.6 Å². The summed E-state index contributed by atoms with van der Waals surface area (Å²) in [6.07, 6.45) is 25.3. The van der Waals surface area contributed by atoms with Crippen LogP contribution in [0.2, 0.25) is 128 Å². The van der Waals surface area contributed by atoms with Crippen LogP contribution < -0.4 is 22.8 Å². The molecule has 37 heteroatoms. The zero-order chi connectivity index (χ0) is 81.7. The Bertz CT molecular complexity index is 5280. The van der Waals surface area contributed by atoms with Crippen molar-refractivity contribution in [3.8, 4) is 35.2 Å². The fourth-order valence-corrected chi connectivity index (χ4v) is 17.1. The van der Waals surface area contributed by atoms with E-state index in [1.165, 1.54) is 0 Å². The molecule has 4 aliphatic rings. The van der Waals surface area contributed by atoms with Crippen molar-refractivity contribution in [2.24, 2.45) is 0 Å². The summed E-state index contributed by atoms with van der Waals surface area (Å²) in [5.41, 5.74) is 9.58. The summed E-state index contributed by atoms with van der Waals surface area (Å²) in [5.74, 6) is 6.85. The van der Waals surface area contributed by atoms with E-state index >= 15 is 0 Å². The number of aromatic nitrogens is 19. The summed E-state index contributed by atoms with van der Waals surface area (Å²) in [5, 5.41) is 4.51. The van der Waals surface area contributed by atoms with Gasteiger partial charge in [0.1, 0.15) is 57.1 Å². The third kappa shape index (κ3) is 22.9. The third-order valence-electron chi connectivity index (χ3n) is 20.1. The Labute approximate surface area is 674 Å². The normalized spacial score (nSPS) is 16.0. The number of fused-ring (bicyclic) bond motifs is 5. The summed E-state index contributed by atoms with van der Waals surface area (Å²) in [7, 11) is -6.28. The number of ether oxygens (including phenoxy) is 8. The molecule has 14 heterocycles. The molecule has 4 aliphatic heterocycles. The first kappa shape index (κ1) is 87.0. The van der Waals surface area contributed by atoms with Gasteiger partial charge in [-0.2, -0.15) is 10.1 Å². The maximum absolute atomic E-state index is 13.5. The Balaban J connectivity index is 0.000000151. The quantitative estimate of drug-likeness (QED) is 0.0222. The van der Waals surface area contributed by atoms with E-state index in [-0.39, 0.29) is 85.0 Å². The fraction of sp³-hybridized carbons (Fsp3) is 0.610. The van der Waals surface area contributed by atoms with Crippen molar-refractivity contribution in [2.75, 3.05) is 79.3 Å². The molecule has 10 aromatic rings. The van der Waals surface area contributed by atoms with Gasteiger partial charge in [0.05, 0.1) is 48.3 Å². The van der Waals surface area contributed by atoms with Gasteiger partial charge in [-0.05, 0) is 99.0 Å². The predicted molar refractivity (Wildman–Crippen MR) is 455 cm³/mol. The van der Waals surface area contributed by atoms with Crippen LogP contribution in [0, 0.1) is 23.8 Å². The molecule has 4 saturated heterocycles. The standard InChI is InChI=1S/C22H29N7O3Si.C21H34N4O3Si2.C18H26N4O3Si.C16H25ClN4O3Si/c1-33(2,3)11-10-32-15-27-19-14-24-20(17-12-25-28-7-6-23-13-18(17)28)26-21(19)29(22(27)30)16-4-8-31-9-5-16;1-29(2,3)13-9-19-22-15-18-20(23-19)25(17-7-10-27-11-8-17)21(26)24(18)16-28-12-14-30(4,5)6;1-5-16-19-12-15-17(20-16)22(14-6-8-24-9-7-14)18(23)21(15)13-25-10-11-26(2,3)4;1-25(2,3)9-8-24-11-20-13-10-18-15(17)19-14(13)21(16(20)22)12-4-6-23-7-5-12/h6-7,12-14,16H,4-5,8-11,15H2,1-3H3;15,17H,7-8,10-12,14,16H2,1-6H3;1,12,14H,6-11,13H2,2-4H3;10,12H,4-9,11H2,1-3H3. The summed E-state index contributed by atoms with van der Waals surface area (Å²) >= 11 is 5.97. The molecule has 0 bridgehead atoms. The van der Waals surface area contributed by atoms with E-state index in [9.17, 15) is 19.2 Å². The number of hydrogen-bond acceptors (Lipinski definition) is 22. The Kier molecular flexibility index (Phi) is 29.4. The van der Waals surface area contributed by atoms with E-state index in [2.05, 4.69) is 156 Å². The average molecular weight is 1670 g/mol. The Morgan fingerprint density at radius 1 is 0.430 bits per heavy atom. The van der Waals surface area contributed by atoms with Crippen LogP contribution in [0.15, 0.2) is 68.8 Å². The molecule has 616 valence electrons. The fourth-order valence-electron chi connectivity index (χ4n) is 13.4. The molecule has 4 fully saturated rings. The van der Waals surface area contributed by atoms with E-state index < -0.39 is 40.4 Å². The van der Waals surface area contributed by atoms with Gasteiger partial charge in [-0.15, -0.1) is 12.0 Å². The van der Waals surface area contributed by atoms with Crippen LogP contribution in [0.5, 0.6) is 0 Å². The second-order valence-electron chi connectivity index (χ2n) is 35.3. The summed E-state index contributed by atoms with van der Waals surface area (Å²) in [4.78, 5) is 92.6. The van der Waals surface area contributed by atoms with Gasteiger partial charge >= 0.3 is 22.8 Å². The SMILES string of the molecule is C#Cc1ncc2c(n1)n(C1CCOCC1)c(=O)n2COCC[Si](C)(C)C.C[Si](C)(C)C#Cc1ncc2c(n1)n(C1CCOCC1)c(=O)n2COCC[Si](C)(C)C.C[Si](C)(C)CCOCn1c(=O)n(C2CCOCC2)c2nc(-c3cnn4ccncc34)ncc21.C[Si](C)(C)CCOCn1c(=O)n(C2CCOCC2)c2nc(Cl)ncc21. The van der Waals surface area contributed by atoms with Crippen molar-refractivity contribution < 1.29 is 37.9 Å². The van der Waals surface area contributed by atoms with Gasteiger partial charge in [0.25, 0.3) is 0 Å². The summed E-state index contributed by atoms with van der Waals surface area (Å²) in [6, 6.07) is 4.45. The van der Waals surface area contributed by atoms with Crippen LogP contribution in [-0.2, 0) is 64.8 Å². The molecule has 0 spiro atoms. The molecule has 0 saturated carbocycles. The summed E-state index contributed by atoms with van der Waals surface area (Å²) in [6.45, 7) is 42.8. The number of halogens is 1. The summed E-state index contributed by atoms with van der Waals surface area (Å²) < 4.78 is 60.6. The molecule has 0 amide bonds. The third-order valence-corrected chi connectivity index (χ3v) is 28.0. The first-order valence-electron chi connectivity index (χ1n) is 39.7. The predicted octanol–water partition coefficient (Wildman–Crippen LogP) is 11.6. The molecule has 14 rings (SSSR count). The van der Waals surface area contributed by atoms with Gasteiger partial charge in [-0.3, -0.25) is 41.5 Å². The Morgan fingerprint density at radius 3 is 1.12 bits per heavy atom. The Hall–Kier alpha value is -7.81. The van der Waals surface area contributed by atoms with E-state index in [1.807, 2.05) is 0 Å². The van der Waals surface area contributed by atoms with Gasteiger partial charge < -0.3 is 37.9 Å². The van der Waals surface area contributed by atoms with E-state index in [4.69, 9.17) is 65.9 Å². The van der Waals surface area contributed by atoms with Crippen LogP contribution in [0.4, 0.5) is 0 Å². The smallest absolute Gasteiger partial charge is 0.332 e. The number of rotatable bonds is 25. The lowest BCUT2D eigenvalue weighted by atomic mass is 10.1. The minimum atomic E-state index is -1.54. The maximum Gasteiger partial charge on any atom is 0.332 e. The van der Waals surface area contributed by atoms with Gasteiger partial charge in [-0.1, -0.05) is 98.2 Å². The second kappa shape index (κ2) is 38.5. The van der Waals surface area contributed by atoms with E-state index in [0.717, 1.165) is 86.6 Å². The molecular weight excluding hydrogens is 1560 g/mol. The van der Waals surface area contributed by atoms with E-state index in [0.29, 0.717) is 136 Å². The first-order valence-corrected chi connectivity index (χ1v) is 58.4. The largest absolute Gasteiger partial charge is 0.381 e. The molecule has 0 aromatic carbocycles. The molecular formula is C77H114ClN19O12Si5. The van der Waals surface area contributed by atoms with Crippen molar-refractivity contribution >= 4 is 102 Å². The maximum atomic E-state index is 13.5. The van der Waals surface area contributed by atoms with Gasteiger partial charge in [0, 0.05) is 148 Å². The molecule has 10 aromatic heterocycles. The van der Waals surface area contributed by atoms with Crippen molar-refractivity contribution in [1.29, 1.82) is 0 Å².